The van der Waals surface area contributed by atoms with Gasteiger partial charge in [0.1, 0.15) is 5.01 Å². The molecule has 0 unspecified atom stereocenters. The smallest absolute Gasteiger partial charge is 0.338 e. The molecule has 0 fully saturated rings. The number of ether oxygens (including phenoxy) is 1. The normalized spacial score (nSPS) is 14.5. The Morgan fingerprint density at radius 3 is 2.91 bits per heavy atom. The van der Waals surface area contributed by atoms with Gasteiger partial charge in [-0.25, -0.2) is 9.78 Å². The van der Waals surface area contributed by atoms with Gasteiger partial charge in [-0.05, 0) is 37.1 Å². The standard InChI is InChI=1S/C16H16N2O3S/c1-10(15-17-6-8-22-15)21-16(20)13-3-4-14-12(9-13)5-7-18(14)11(2)19/h3-4,6,8-10H,5,7H2,1-2H3/t10-/m1/s1. The van der Waals surface area contributed by atoms with Gasteiger partial charge in [-0.1, -0.05) is 0 Å². The highest BCUT2D eigenvalue weighted by atomic mass is 32.1. The summed E-state index contributed by atoms with van der Waals surface area (Å²) in [5, 5.41) is 2.63. The van der Waals surface area contributed by atoms with E-state index in [9.17, 15) is 9.59 Å². The summed E-state index contributed by atoms with van der Waals surface area (Å²) in [6, 6.07) is 5.33. The van der Waals surface area contributed by atoms with Crippen molar-refractivity contribution in [2.75, 3.05) is 11.4 Å². The Morgan fingerprint density at radius 1 is 1.41 bits per heavy atom. The largest absolute Gasteiger partial charge is 0.452 e. The molecule has 1 atom stereocenters. The quantitative estimate of drug-likeness (QED) is 0.817. The van der Waals surface area contributed by atoms with E-state index in [-0.39, 0.29) is 18.0 Å². The number of aromatic nitrogens is 1. The first kappa shape index (κ1) is 14.7. The Hall–Kier alpha value is -2.21. The van der Waals surface area contributed by atoms with Crippen molar-refractivity contribution in [3.8, 4) is 0 Å². The zero-order valence-corrected chi connectivity index (χ0v) is 13.2. The molecule has 1 aliphatic heterocycles. The van der Waals surface area contributed by atoms with Crippen LogP contribution in [0, 0.1) is 0 Å². The first-order chi connectivity index (χ1) is 10.6. The molecule has 22 heavy (non-hydrogen) atoms. The highest BCUT2D eigenvalue weighted by Gasteiger charge is 2.24. The molecular formula is C16H16N2O3S. The summed E-state index contributed by atoms with van der Waals surface area (Å²) in [6.45, 7) is 4.02. The third-order valence-electron chi connectivity index (χ3n) is 3.67. The molecular weight excluding hydrogens is 300 g/mol. The number of hydrogen-bond acceptors (Lipinski definition) is 5. The van der Waals surface area contributed by atoms with Crippen LogP contribution < -0.4 is 4.90 Å². The summed E-state index contributed by atoms with van der Waals surface area (Å²) >= 11 is 1.46. The fraction of sp³-hybridized carbons (Fsp3) is 0.312. The maximum absolute atomic E-state index is 12.2. The monoisotopic (exact) mass is 316 g/mol. The van der Waals surface area contributed by atoms with Gasteiger partial charge in [0, 0.05) is 30.7 Å². The molecule has 1 aromatic carbocycles. The van der Waals surface area contributed by atoms with Gasteiger partial charge in [-0.15, -0.1) is 11.3 Å². The van der Waals surface area contributed by atoms with E-state index in [1.54, 1.807) is 24.1 Å². The van der Waals surface area contributed by atoms with Crippen LogP contribution in [0.2, 0.25) is 0 Å². The molecule has 114 valence electrons. The van der Waals surface area contributed by atoms with E-state index in [0.717, 1.165) is 22.7 Å². The minimum absolute atomic E-state index is 0.0199. The molecule has 5 nitrogen and oxygen atoms in total. The van der Waals surface area contributed by atoms with Crippen molar-refractivity contribution in [1.29, 1.82) is 0 Å². The number of carbonyl (C=O) groups is 2. The molecule has 0 bridgehead atoms. The van der Waals surface area contributed by atoms with Gasteiger partial charge in [-0.3, -0.25) is 4.79 Å². The number of hydrogen-bond donors (Lipinski definition) is 0. The number of esters is 1. The van der Waals surface area contributed by atoms with Crippen LogP contribution in [-0.4, -0.2) is 23.4 Å². The van der Waals surface area contributed by atoms with Crippen molar-refractivity contribution in [3.05, 3.63) is 45.9 Å². The van der Waals surface area contributed by atoms with E-state index in [2.05, 4.69) is 4.98 Å². The number of anilines is 1. The Morgan fingerprint density at radius 2 is 2.23 bits per heavy atom. The minimum Gasteiger partial charge on any atom is -0.452 e. The Balaban J connectivity index is 1.76. The second kappa shape index (κ2) is 5.88. The Labute approximate surface area is 132 Å². The van der Waals surface area contributed by atoms with E-state index in [1.807, 2.05) is 24.4 Å². The van der Waals surface area contributed by atoms with Crippen LogP contribution in [0.1, 0.15) is 40.9 Å². The van der Waals surface area contributed by atoms with Crippen LogP contribution in [0.15, 0.2) is 29.8 Å². The number of fused-ring (bicyclic) bond motifs is 1. The molecule has 0 saturated heterocycles. The first-order valence-electron chi connectivity index (χ1n) is 7.07. The van der Waals surface area contributed by atoms with Crippen LogP contribution in [0.3, 0.4) is 0 Å². The molecule has 0 spiro atoms. The number of rotatable bonds is 3. The Bertz CT molecular complexity index is 712. The minimum atomic E-state index is -0.369. The van der Waals surface area contributed by atoms with Crippen molar-refractivity contribution in [3.63, 3.8) is 0 Å². The fourth-order valence-corrected chi connectivity index (χ4v) is 3.19. The molecule has 2 aromatic rings. The van der Waals surface area contributed by atoms with Gasteiger partial charge in [0.2, 0.25) is 5.91 Å². The Kier molecular flexibility index (Phi) is 3.94. The number of benzene rings is 1. The van der Waals surface area contributed by atoms with Crippen molar-refractivity contribution in [1.82, 2.24) is 4.98 Å². The topological polar surface area (TPSA) is 59.5 Å². The van der Waals surface area contributed by atoms with Gasteiger partial charge < -0.3 is 9.64 Å². The summed E-state index contributed by atoms with van der Waals surface area (Å²) in [5.41, 5.74) is 2.40. The molecule has 1 aromatic heterocycles. The summed E-state index contributed by atoms with van der Waals surface area (Å²) in [4.78, 5) is 29.6. The maximum atomic E-state index is 12.2. The molecule has 2 heterocycles. The molecule has 1 aliphatic rings. The first-order valence-corrected chi connectivity index (χ1v) is 7.95. The fourth-order valence-electron chi connectivity index (χ4n) is 2.57. The molecule has 1 amide bonds. The molecule has 0 radical (unpaired) electrons. The lowest BCUT2D eigenvalue weighted by atomic mass is 10.1. The number of thiazole rings is 1. The van der Waals surface area contributed by atoms with Crippen LogP contribution >= 0.6 is 11.3 Å². The van der Waals surface area contributed by atoms with Gasteiger partial charge in [0.05, 0.1) is 5.56 Å². The van der Waals surface area contributed by atoms with Crippen LogP contribution in [0.4, 0.5) is 5.69 Å². The van der Waals surface area contributed by atoms with Crippen molar-refractivity contribution < 1.29 is 14.3 Å². The summed E-state index contributed by atoms with van der Waals surface area (Å²) in [6.07, 6.45) is 2.09. The number of amides is 1. The third-order valence-corrected chi connectivity index (χ3v) is 4.61. The molecule has 3 rings (SSSR count). The van der Waals surface area contributed by atoms with E-state index in [0.29, 0.717) is 12.1 Å². The average Bonchev–Trinajstić information content (AvgIpc) is 3.15. The van der Waals surface area contributed by atoms with Gasteiger partial charge in [0.25, 0.3) is 0 Å². The zero-order valence-electron chi connectivity index (χ0n) is 12.4. The van der Waals surface area contributed by atoms with Crippen molar-refractivity contribution >= 4 is 28.9 Å². The van der Waals surface area contributed by atoms with E-state index < -0.39 is 0 Å². The van der Waals surface area contributed by atoms with Crippen LogP contribution in [0.25, 0.3) is 0 Å². The molecule has 6 heteroatoms. The summed E-state index contributed by atoms with van der Waals surface area (Å²) in [5.74, 6) is -0.349. The number of carbonyl (C=O) groups excluding carboxylic acids is 2. The van der Waals surface area contributed by atoms with Crippen molar-refractivity contribution in [2.45, 2.75) is 26.4 Å². The SMILES string of the molecule is CC(=O)N1CCc2cc(C(=O)O[C@H](C)c3nccs3)ccc21. The lowest BCUT2D eigenvalue weighted by Crippen LogP contribution is -2.25. The van der Waals surface area contributed by atoms with Gasteiger partial charge in [-0.2, -0.15) is 0 Å². The highest BCUT2D eigenvalue weighted by Crippen LogP contribution is 2.29. The molecule has 0 saturated carbocycles. The molecule has 0 aliphatic carbocycles. The predicted molar refractivity (Wildman–Crippen MR) is 84.1 cm³/mol. The highest BCUT2D eigenvalue weighted by molar-refractivity contribution is 7.09. The molecule has 0 N–H and O–H groups in total. The summed E-state index contributed by atoms with van der Waals surface area (Å²) < 4.78 is 5.44. The lowest BCUT2D eigenvalue weighted by molar-refractivity contribution is -0.116. The second-order valence-electron chi connectivity index (χ2n) is 5.18. The van der Waals surface area contributed by atoms with E-state index in [4.69, 9.17) is 4.74 Å². The average molecular weight is 316 g/mol. The van der Waals surface area contributed by atoms with Crippen LogP contribution in [0.5, 0.6) is 0 Å². The van der Waals surface area contributed by atoms with Gasteiger partial charge >= 0.3 is 5.97 Å². The predicted octanol–water partition coefficient (Wildman–Crippen LogP) is 2.97. The summed E-state index contributed by atoms with van der Waals surface area (Å²) in [7, 11) is 0. The van der Waals surface area contributed by atoms with Crippen molar-refractivity contribution in [2.24, 2.45) is 0 Å². The van der Waals surface area contributed by atoms with E-state index >= 15 is 0 Å². The third kappa shape index (κ3) is 2.74. The zero-order chi connectivity index (χ0) is 15.7. The van der Waals surface area contributed by atoms with E-state index in [1.165, 1.54) is 11.3 Å². The van der Waals surface area contributed by atoms with Gasteiger partial charge in [0.15, 0.2) is 6.10 Å². The second-order valence-corrected chi connectivity index (χ2v) is 6.11. The maximum Gasteiger partial charge on any atom is 0.338 e. The number of nitrogens with zero attached hydrogens (tertiary/aromatic N) is 2. The van der Waals surface area contributed by atoms with Crippen LogP contribution in [-0.2, 0) is 16.0 Å². The lowest BCUT2D eigenvalue weighted by Gasteiger charge is -2.15.